The predicted molar refractivity (Wildman–Crippen MR) is 61.0 cm³/mol. The van der Waals surface area contributed by atoms with Crippen molar-refractivity contribution in [2.24, 2.45) is 5.73 Å². The van der Waals surface area contributed by atoms with Crippen LogP contribution in [0.25, 0.3) is 0 Å². The van der Waals surface area contributed by atoms with Gasteiger partial charge in [-0.25, -0.2) is 0 Å². The highest BCUT2D eigenvalue weighted by Gasteiger charge is 2.11. The molecule has 1 aromatic carbocycles. The third-order valence-electron chi connectivity index (χ3n) is 2.14. The van der Waals surface area contributed by atoms with E-state index in [1.165, 1.54) is 0 Å². The largest absolute Gasteiger partial charge is 0.497 e. The van der Waals surface area contributed by atoms with E-state index >= 15 is 0 Å². The van der Waals surface area contributed by atoms with Crippen LogP contribution in [0.3, 0.4) is 0 Å². The molecule has 0 aromatic heterocycles. The van der Waals surface area contributed by atoms with Crippen LogP contribution in [0.15, 0.2) is 24.3 Å². The zero-order valence-corrected chi connectivity index (χ0v) is 9.57. The highest BCUT2D eigenvalue weighted by atomic mass is 16.5. The van der Waals surface area contributed by atoms with Gasteiger partial charge in [-0.2, -0.15) is 0 Å². The normalized spacial score (nSPS) is 12.9. The molecule has 2 N–H and O–H groups in total. The lowest BCUT2D eigenvalue weighted by Gasteiger charge is -2.19. The molecule has 1 atom stereocenters. The molecule has 0 saturated carbocycles. The molecular weight excluding hydrogens is 190 g/mol. The second-order valence-electron chi connectivity index (χ2n) is 3.68. The van der Waals surface area contributed by atoms with Crippen molar-refractivity contribution in [1.82, 2.24) is 0 Å². The second-order valence-corrected chi connectivity index (χ2v) is 3.68. The summed E-state index contributed by atoms with van der Waals surface area (Å²) in [4.78, 5) is 0. The van der Waals surface area contributed by atoms with Crippen molar-refractivity contribution in [2.75, 3.05) is 13.7 Å². The number of hydrogen-bond donors (Lipinski definition) is 1. The Morgan fingerprint density at radius 1 is 1.20 bits per heavy atom. The van der Waals surface area contributed by atoms with Crippen molar-refractivity contribution >= 4 is 0 Å². The number of rotatable bonds is 5. The van der Waals surface area contributed by atoms with E-state index < -0.39 is 0 Å². The first-order chi connectivity index (χ1) is 7.17. The highest BCUT2D eigenvalue weighted by Crippen LogP contribution is 2.20. The van der Waals surface area contributed by atoms with Gasteiger partial charge in [0.2, 0.25) is 0 Å². The fourth-order valence-corrected chi connectivity index (χ4v) is 1.42. The van der Waals surface area contributed by atoms with Crippen molar-refractivity contribution in [3.8, 4) is 5.75 Å². The Balaban J connectivity index is 2.74. The van der Waals surface area contributed by atoms with Gasteiger partial charge in [0.25, 0.3) is 0 Å². The van der Waals surface area contributed by atoms with Crippen LogP contribution >= 0.6 is 0 Å². The topological polar surface area (TPSA) is 44.5 Å². The smallest absolute Gasteiger partial charge is 0.118 e. The van der Waals surface area contributed by atoms with Gasteiger partial charge in [-0.1, -0.05) is 12.1 Å². The minimum absolute atomic E-state index is 0.0316. The summed E-state index contributed by atoms with van der Waals surface area (Å²) < 4.78 is 10.8. The lowest BCUT2D eigenvalue weighted by Crippen LogP contribution is -2.19. The maximum Gasteiger partial charge on any atom is 0.118 e. The van der Waals surface area contributed by atoms with Gasteiger partial charge in [-0.15, -0.1) is 0 Å². The molecular formula is C12H19NO2. The summed E-state index contributed by atoms with van der Waals surface area (Å²) >= 11 is 0. The van der Waals surface area contributed by atoms with E-state index in [-0.39, 0.29) is 12.2 Å². The average molecular weight is 209 g/mol. The lowest BCUT2D eigenvalue weighted by atomic mass is 10.1. The molecule has 1 unspecified atom stereocenters. The highest BCUT2D eigenvalue weighted by molar-refractivity contribution is 5.28. The zero-order valence-electron chi connectivity index (χ0n) is 9.57. The summed E-state index contributed by atoms with van der Waals surface area (Å²) in [5.74, 6) is 0.846. The van der Waals surface area contributed by atoms with Gasteiger partial charge < -0.3 is 15.2 Å². The standard InChI is InChI=1S/C12H19NO2/c1-9(2)15-12(8-13)10-4-6-11(14-3)7-5-10/h4-7,9,12H,8,13H2,1-3H3. The second kappa shape index (κ2) is 5.73. The molecule has 0 heterocycles. The first-order valence-electron chi connectivity index (χ1n) is 5.17. The summed E-state index contributed by atoms with van der Waals surface area (Å²) in [6, 6.07) is 7.81. The lowest BCUT2D eigenvalue weighted by molar-refractivity contribution is 0.0119. The summed E-state index contributed by atoms with van der Waals surface area (Å²) in [7, 11) is 1.65. The van der Waals surface area contributed by atoms with Gasteiger partial charge in [0.05, 0.1) is 19.3 Å². The van der Waals surface area contributed by atoms with E-state index in [0.717, 1.165) is 11.3 Å². The molecule has 3 heteroatoms. The minimum Gasteiger partial charge on any atom is -0.497 e. The predicted octanol–water partition coefficient (Wildman–Crippen LogP) is 2.12. The van der Waals surface area contributed by atoms with Gasteiger partial charge in [0.15, 0.2) is 0 Å². The maximum absolute atomic E-state index is 5.69. The van der Waals surface area contributed by atoms with Crippen molar-refractivity contribution in [3.63, 3.8) is 0 Å². The van der Waals surface area contributed by atoms with Crippen LogP contribution in [0.4, 0.5) is 0 Å². The Hall–Kier alpha value is -1.06. The molecule has 0 saturated heterocycles. The number of benzene rings is 1. The molecule has 3 nitrogen and oxygen atoms in total. The molecule has 0 aliphatic carbocycles. The molecule has 84 valence electrons. The first-order valence-corrected chi connectivity index (χ1v) is 5.17. The van der Waals surface area contributed by atoms with E-state index in [1.807, 2.05) is 38.1 Å². The van der Waals surface area contributed by atoms with Crippen molar-refractivity contribution in [2.45, 2.75) is 26.1 Å². The van der Waals surface area contributed by atoms with Crippen LogP contribution < -0.4 is 10.5 Å². The van der Waals surface area contributed by atoms with E-state index in [1.54, 1.807) is 7.11 Å². The van der Waals surface area contributed by atoms with Crippen LogP contribution in [-0.2, 0) is 4.74 Å². The molecule has 0 spiro atoms. The minimum atomic E-state index is -0.0316. The average Bonchev–Trinajstić information content (AvgIpc) is 2.26. The fraction of sp³-hybridized carbons (Fsp3) is 0.500. The summed E-state index contributed by atoms with van der Waals surface area (Å²) in [6.07, 6.45) is 0.150. The monoisotopic (exact) mass is 209 g/mol. The Kier molecular flexibility index (Phi) is 4.59. The van der Waals surface area contributed by atoms with Gasteiger partial charge >= 0.3 is 0 Å². The Morgan fingerprint density at radius 2 is 1.80 bits per heavy atom. The van der Waals surface area contributed by atoms with E-state index in [9.17, 15) is 0 Å². The van der Waals surface area contributed by atoms with Crippen molar-refractivity contribution < 1.29 is 9.47 Å². The number of hydrogen-bond acceptors (Lipinski definition) is 3. The van der Waals surface area contributed by atoms with Gasteiger partial charge in [-0.05, 0) is 31.5 Å². The van der Waals surface area contributed by atoms with Crippen LogP contribution in [-0.4, -0.2) is 19.8 Å². The molecule has 1 aromatic rings. The molecule has 1 rings (SSSR count). The van der Waals surface area contributed by atoms with Gasteiger partial charge in [0.1, 0.15) is 5.75 Å². The van der Waals surface area contributed by atoms with Crippen LogP contribution in [0.5, 0.6) is 5.75 Å². The van der Waals surface area contributed by atoms with Gasteiger partial charge in [0, 0.05) is 6.54 Å². The molecule has 0 radical (unpaired) electrons. The van der Waals surface area contributed by atoms with E-state index in [4.69, 9.17) is 15.2 Å². The fourth-order valence-electron chi connectivity index (χ4n) is 1.42. The van der Waals surface area contributed by atoms with Crippen molar-refractivity contribution in [3.05, 3.63) is 29.8 Å². The summed E-state index contributed by atoms with van der Waals surface area (Å²) in [5, 5.41) is 0. The van der Waals surface area contributed by atoms with Crippen molar-refractivity contribution in [1.29, 1.82) is 0 Å². The maximum atomic E-state index is 5.69. The number of ether oxygens (including phenoxy) is 2. The first kappa shape index (κ1) is 12.0. The zero-order chi connectivity index (χ0) is 11.3. The third kappa shape index (κ3) is 3.53. The van der Waals surface area contributed by atoms with Crippen LogP contribution in [0.2, 0.25) is 0 Å². The molecule has 0 aliphatic heterocycles. The van der Waals surface area contributed by atoms with Gasteiger partial charge in [-0.3, -0.25) is 0 Å². The Morgan fingerprint density at radius 3 is 2.20 bits per heavy atom. The molecule has 0 fully saturated rings. The molecule has 0 amide bonds. The third-order valence-corrected chi connectivity index (χ3v) is 2.14. The number of methoxy groups -OCH3 is 1. The van der Waals surface area contributed by atoms with E-state index in [0.29, 0.717) is 6.54 Å². The number of nitrogens with two attached hydrogens (primary N) is 1. The van der Waals surface area contributed by atoms with Crippen LogP contribution in [0.1, 0.15) is 25.5 Å². The summed E-state index contributed by atoms with van der Waals surface area (Å²) in [6.45, 7) is 4.50. The quantitative estimate of drug-likeness (QED) is 0.807. The Bertz CT molecular complexity index is 282. The van der Waals surface area contributed by atoms with Crippen LogP contribution in [0, 0.1) is 0 Å². The SMILES string of the molecule is COc1ccc(C(CN)OC(C)C)cc1. The molecule has 15 heavy (non-hydrogen) atoms. The Labute approximate surface area is 91.2 Å². The summed E-state index contributed by atoms with van der Waals surface area (Å²) in [5.41, 5.74) is 6.76. The van der Waals surface area contributed by atoms with E-state index in [2.05, 4.69) is 0 Å². The molecule has 0 aliphatic rings. The molecule has 0 bridgehead atoms.